The van der Waals surface area contributed by atoms with Crippen LogP contribution in [0, 0.1) is 0 Å². The van der Waals surface area contributed by atoms with Crippen LogP contribution in [0.5, 0.6) is 0 Å². The summed E-state index contributed by atoms with van der Waals surface area (Å²) < 4.78 is 0. The van der Waals surface area contributed by atoms with Crippen molar-refractivity contribution < 1.29 is 20.1 Å². The summed E-state index contributed by atoms with van der Waals surface area (Å²) in [5, 5.41) is 27.5. The molecule has 134 valence electrons. The predicted octanol–water partition coefficient (Wildman–Crippen LogP) is 3.93. The number of hydrogen-bond donors (Lipinski definition) is 3. The van der Waals surface area contributed by atoms with Crippen molar-refractivity contribution in [1.29, 1.82) is 0 Å². The number of aliphatic hydroxyl groups excluding tert-OH is 2. The molecule has 0 saturated heterocycles. The number of carbonyl (C=O) groups is 1. The number of allylic oxidation sites excluding steroid dienone is 7. The van der Waals surface area contributed by atoms with Gasteiger partial charge < -0.3 is 15.3 Å². The van der Waals surface area contributed by atoms with E-state index in [1.54, 1.807) is 18.2 Å². The Morgan fingerprint density at radius 3 is 2.25 bits per heavy atom. The molecule has 0 heterocycles. The van der Waals surface area contributed by atoms with Crippen molar-refractivity contribution in [2.45, 2.75) is 57.7 Å². The molecule has 0 fully saturated rings. The van der Waals surface area contributed by atoms with Crippen LogP contribution in [0.1, 0.15) is 45.4 Å². The van der Waals surface area contributed by atoms with Crippen LogP contribution in [0.15, 0.2) is 60.8 Å². The van der Waals surface area contributed by atoms with Crippen molar-refractivity contribution in [1.82, 2.24) is 0 Å². The van der Waals surface area contributed by atoms with Gasteiger partial charge in [0.15, 0.2) is 0 Å². The highest BCUT2D eigenvalue weighted by atomic mass is 16.4. The minimum absolute atomic E-state index is 0.213. The Kier molecular flexibility index (Phi) is 14.7. The summed E-state index contributed by atoms with van der Waals surface area (Å²) in [6, 6.07) is 0. The van der Waals surface area contributed by atoms with Gasteiger partial charge in [0.05, 0.1) is 12.2 Å². The van der Waals surface area contributed by atoms with E-state index in [0.29, 0.717) is 19.3 Å². The average molecular weight is 334 g/mol. The highest BCUT2D eigenvalue weighted by Gasteiger charge is 1.94. The van der Waals surface area contributed by atoms with Gasteiger partial charge in [0.25, 0.3) is 0 Å². The molecule has 0 aliphatic rings. The van der Waals surface area contributed by atoms with Gasteiger partial charge in [-0.1, -0.05) is 67.7 Å². The molecule has 0 rings (SSSR count). The van der Waals surface area contributed by atoms with Crippen LogP contribution in [0.4, 0.5) is 0 Å². The standard InChI is InChI=1S/C20H30O4/c1-2-18(21)14-11-9-12-16-19(22)15-10-7-5-3-4-6-8-13-17-20(23)24/h4-7,9-12,14-15,18-19,21-22H,2-3,8,13,16-17H2,1H3,(H,23,24)/b6-4-,7-5-,12-9-,14-11+,15-10-/t18-,19-/m0/s1. The molecule has 0 saturated carbocycles. The van der Waals surface area contributed by atoms with Crippen LogP contribution >= 0.6 is 0 Å². The highest BCUT2D eigenvalue weighted by molar-refractivity contribution is 5.66. The van der Waals surface area contributed by atoms with Gasteiger partial charge >= 0.3 is 5.97 Å². The average Bonchev–Trinajstić information content (AvgIpc) is 2.55. The molecule has 0 aromatic carbocycles. The second-order valence-corrected chi connectivity index (χ2v) is 5.40. The Bertz CT molecular complexity index is 458. The smallest absolute Gasteiger partial charge is 0.303 e. The maximum atomic E-state index is 10.3. The Hall–Kier alpha value is -1.91. The van der Waals surface area contributed by atoms with Gasteiger partial charge in [0.2, 0.25) is 0 Å². The molecule has 0 aromatic rings. The number of rotatable bonds is 13. The molecular formula is C20H30O4. The van der Waals surface area contributed by atoms with E-state index in [-0.39, 0.29) is 6.42 Å². The summed E-state index contributed by atoms with van der Waals surface area (Å²) in [7, 11) is 0. The molecule has 4 nitrogen and oxygen atoms in total. The van der Waals surface area contributed by atoms with Gasteiger partial charge in [-0.25, -0.2) is 0 Å². The molecule has 0 aliphatic carbocycles. The third-order valence-electron chi connectivity index (χ3n) is 3.16. The molecule has 3 N–H and O–H groups in total. The van der Waals surface area contributed by atoms with Gasteiger partial charge in [-0.3, -0.25) is 4.79 Å². The van der Waals surface area contributed by atoms with E-state index < -0.39 is 18.2 Å². The number of hydrogen-bond acceptors (Lipinski definition) is 3. The van der Waals surface area contributed by atoms with Crippen molar-refractivity contribution in [3.05, 3.63) is 60.8 Å². The lowest BCUT2D eigenvalue weighted by Crippen LogP contribution is -1.99. The maximum Gasteiger partial charge on any atom is 0.303 e. The lowest BCUT2D eigenvalue weighted by atomic mass is 10.2. The van der Waals surface area contributed by atoms with Crippen molar-refractivity contribution in [3.8, 4) is 0 Å². The van der Waals surface area contributed by atoms with Crippen LogP contribution < -0.4 is 0 Å². The summed E-state index contributed by atoms with van der Waals surface area (Å²) >= 11 is 0. The molecular weight excluding hydrogens is 304 g/mol. The molecule has 0 radical (unpaired) electrons. The highest BCUT2D eigenvalue weighted by Crippen LogP contribution is 1.99. The van der Waals surface area contributed by atoms with E-state index in [1.807, 2.05) is 49.5 Å². The zero-order chi connectivity index (χ0) is 18.0. The van der Waals surface area contributed by atoms with Crippen molar-refractivity contribution >= 4 is 5.97 Å². The molecule has 2 atom stereocenters. The van der Waals surface area contributed by atoms with Crippen LogP contribution in [0.2, 0.25) is 0 Å². The predicted molar refractivity (Wildman–Crippen MR) is 98.7 cm³/mol. The monoisotopic (exact) mass is 334 g/mol. The molecule has 0 bridgehead atoms. The maximum absolute atomic E-state index is 10.3. The van der Waals surface area contributed by atoms with Crippen LogP contribution in [0.3, 0.4) is 0 Å². The van der Waals surface area contributed by atoms with Crippen molar-refractivity contribution in [2.24, 2.45) is 0 Å². The quantitative estimate of drug-likeness (QED) is 0.271. The molecule has 0 unspecified atom stereocenters. The number of unbranched alkanes of at least 4 members (excludes halogenated alkanes) is 1. The second kappa shape index (κ2) is 16.0. The van der Waals surface area contributed by atoms with Gasteiger partial charge in [-0.2, -0.15) is 0 Å². The lowest BCUT2D eigenvalue weighted by molar-refractivity contribution is -0.137. The Labute approximate surface area is 145 Å². The summed E-state index contributed by atoms with van der Waals surface area (Å²) in [5.74, 6) is -0.753. The van der Waals surface area contributed by atoms with Crippen LogP contribution in [-0.2, 0) is 4.79 Å². The van der Waals surface area contributed by atoms with Gasteiger partial charge in [0, 0.05) is 6.42 Å². The Balaban J connectivity index is 3.77. The number of aliphatic carboxylic acids is 1. The topological polar surface area (TPSA) is 77.8 Å². The van der Waals surface area contributed by atoms with Crippen LogP contribution in [0.25, 0.3) is 0 Å². The van der Waals surface area contributed by atoms with E-state index >= 15 is 0 Å². The van der Waals surface area contributed by atoms with E-state index in [2.05, 4.69) is 0 Å². The fourth-order valence-corrected chi connectivity index (χ4v) is 1.72. The summed E-state index contributed by atoms with van der Waals surface area (Å²) in [6.07, 6.45) is 21.3. The van der Waals surface area contributed by atoms with Gasteiger partial charge in [0.1, 0.15) is 0 Å². The largest absolute Gasteiger partial charge is 0.481 e. The van der Waals surface area contributed by atoms with E-state index in [0.717, 1.165) is 12.8 Å². The molecule has 0 aliphatic heterocycles. The Morgan fingerprint density at radius 2 is 1.58 bits per heavy atom. The van der Waals surface area contributed by atoms with Gasteiger partial charge in [-0.15, -0.1) is 0 Å². The summed E-state index contributed by atoms with van der Waals surface area (Å²) in [4.78, 5) is 10.3. The number of aliphatic hydroxyl groups is 2. The molecule has 0 aromatic heterocycles. The first-order valence-corrected chi connectivity index (χ1v) is 8.45. The zero-order valence-corrected chi connectivity index (χ0v) is 14.4. The van der Waals surface area contributed by atoms with E-state index in [1.165, 1.54) is 0 Å². The van der Waals surface area contributed by atoms with Crippen LogP contribution in [-0.4, -0.2) is 33.5 Å². The van der Waals surface area contributed by atoms with Gasteiger partial charge in [-0.05, 0) is 32.1 Å². The van der Waals surface area contributed by atoms with E-state index in [9.17, 15) is 15.0 Å². The molecule has 0 amide bonds. The van der Waals surface area contributed by atoms with E-state index in [4.69, 9.17) is 5.11 Å². The lowest BCUT2D eigenvalue weighted by Gasteiger charge is -1.99. The SMILES string of the molecule is CC[C@H](O)/C=C/C=C\C[C@@H](O)/C=C\C=C/C/C=C\CCCC(=O)O. The summed E-state index contributed by atoms with van der Waals surface area (Å²) in [5.41, 5.74) is 0. The first-order chi connectivity index (χ1) is 11.6. The fourth-order valence-electron chi connectivity index (χ4n) is 1.72. The number of carboxylic acid groups (broad SMARTS) is 1. The molecule has 0 spiro atoms. The number of carboxylic acids is 1. The minimum atomic E-state index is -0.753. The fraction of sp³-hybridized carbons (Fsp3) is 0.450. The zero-order valence-electron chi connectivity index (χ0n) is 14.4. The Morgan fingerprint density at radius 1 is 0.917 bits per heavy atom. The first kappa shape index (κ1) is 22.1. The second-order valence-electron chi connectivity index (χ2n) is 5.40. The van der Waals surface area contributed by atoms with Crippen molar-refractivity contribution in [3.63, 3.8) is 0 Å². The minimum Gasteiger partial charge on any atom is -0.481 e. The third kappa shape index (κ3) is 16.5. The van der Waals surface area contributed by atoms with Crippen molar-refractivity contribution in [2.75, 3.05) is 0 Å². The third-order valence-corrected chi connectivity index (χ3v) is 3.16. The normalized spacial score (nSPS) is 15.5. The molecule has 4 heteroatoms. The first-order valence-electron chi connectivity index (χ1n) is 8.45. The molecule has 24 heavy (non-hydrogen) atoms. The summed E-state index contributed by atoms with van der Waals surface area (Å²) in [6.45, 7) is 1.91.